The van der Waals surface area contributed by atoms with Crippen LogP contribution >= 0.6 is 23.1 Å². The van der Waals surface area contributed by atoms with E-state index in [0.29, 0.717) is 22.6 Å². The molecule has 1 saturated carbocycles. The van der Waals surface area contributed by atoms with Gasteiger partial charge in [0.15, 0.2) is 0 Å². The number of thiazole rings is 1. The van der Waals surface area contributed by atoms with Crippen LogP contribution in [0.1, 0.15) is 47.9 Å². The number of nitrogens with zero attached hydrogens (tertiary/aromatic N) is 3. The molecule has 1 saturated heterocycles. The van der Waals surface area contributed by atoms with Crippen molar-refractivity contribution in [1.82, 2.24) is 25.6 Å². The minimum atomic E-state index is -0.360. The molecular formula is C21H25N5O2S2. The van der Waals surface area contributed by atoms with Crippen LogP contribution < -0.4 is 10.6 Å². The molecule has 2 N–H and O–H groups in total. The van der Waals surface area contributed by atoms with Crippen LogP contribution in [0.25, 0.3) is 6.08 Å². The molecule has 0 radical (unpaired) electrons. The molecule has 2 aromatic heterocycles. The average molecular weight is 444 g/mol. The first kappa shape index (κ1) is 21.1. The number of carbonyl (C=O) groups excluding carboxylic acids is 2. The SMILES string of the molecule is Cc1nc(CCNC2CCC(Cc3nccc(/C=C4\SC(=O)NC4=O)n3)CC2)cs1. The van der Waals surface area contributed by atoms with Gasteiger partial charge in [0.2, 0.25) is 0 Å². The van der Waals surface area contributed by atoms with E-state index in [0.717, 1.165) is 54.8 Å². The summed E-state index contributed by atoms with van der Waals surface area (Å²) >= 11 is 2.62. The van der Waals surface area contributed by atoms with Gasteiger partial charge in [0.1, 0.15) is 5.82 Å². The Morgan fingerprint density at radius 2 is 2.07 bits per heavy atom. The van der Waals surface area contributed by atoms with Gasteiger partial charge in [-0.05, 0) is 62.4 Å². The summed E-state index contributed by atoms with van der Waals surface area (Å²) in [4.78, 5) is 36.9. The molecule has 4 rings (SSSR count). The summed E-state index contributed by atoms with van der Waals surface area (Å²) < 4.78 is 0. The lowest BCUT2D eigenvalue weighted by molar-refractivity contribution is -0.115. The van der Waals surface area contributed by atoms with Crippen molar-refractivity contribution in [2.45, 2.75) is 51.5 Å². The molecule has 158 valence electrons. The molecule has 1 aliphatic heterocycles. The van der Waals surface area contributed by atoms with E-state index in [9.17, 15) is 9.59 Å². The van der Waals surface area contributed by atoms with E-state index in [1.165, 1.54) is 18.5 Å². The Kier molecular flexibility index (Phi) is 6.91. The maximum Gasteiger partial charge on any atom is 0.290 e. The van der Waals surface area contributed by atoms with Crippen molar-refractivity contribution in [3.8, 4) is 0 Å². The van der Waals surface area contributed by atoms with Gasteiger partial charge in [-0.2, -0.15) is 0 Å². The van der Waals surface area contributed by atoms with Crippen molar-refractivity contribution < 1.29 is 9.59 Å². The van der Waals surface area contributed by atoms with E-state index in [4.69, 9.17) is 0 Å². The van der Waals surface area contributed by atoms with E-state index in [-0.39, 0.29) is 11.1 Å². The molecule has 0 bridgehead atoms. The fraction of sp³-hybridized carbons (Fsp3) is 0.476. The lowest BCUT2D eigenvalue weighted by Crippen LogP contribution is -2.35. The van der Waals surface area contributed by atoms with Crippen molar-refractivity contribution in [2.75, 3.05) is 6.54 Å². The molecule has 0 atom stereocenters. The van der Waals surface area contributed by atoms with Crippen molar-refractivity contribution in [3.05, 3.63) is 44.8 Å². The molecule has 1 aliphatic carbocycles. The second-order valence-electron chi connectivity index (χ2n) is 7.73. The van der Waals surface area contributed by atoms with Crippen LogP contribution in [0, 0.1) is 12.8 Å². The fourth-order valence-electron chi connectivity index (χ4n) is 3.91. The summed E-state index contributed by atoms with van der Waals surface area (Å²) in [5, 5.41) is 8.88. The summed E-state index contributed by atoms with van der Waals surface area (Å²) in [6, 6.07) is 2.34. The third-order valence-corrected chi connectivity index (χ3v) is 7.08. The monoisotopic (exact) mass is 443 g/mol. The number of carbonyl (C=O) groups is 2. The number of nitrogens with one attached hydrogen (secondary N) is 2. The summed E-state index contributed by atoms with van der Waals surface area (Å²) in [5.41, 5.74) is 1.85. The molecule has 2 aliphatic rings. The summed E-state index contributed by atoms with van der Waals surface area (Å²) in [5.74, 6) is 1.02. The van der Waals surface area contributed by atoms with Gasteiger partial charge in [-0.15, -0.1) is 11.3 Å². The number of hydrogen-bond acceptors (Lipinski definition) is 8. The molecule has 2 fully saturated rings. The molecule has 30 heavy (non-hydrogen) atoms. The molecular weight excluding hydrogens is 418 g/mol. The van der Waals surface area contributed by atoms with Gasteiger partial charge in [-0.25, -0.2) is 15.0 Å². The van der Waals surface area contributed by atoms with Crippen LogP contribution in [-0.4, -0.2) is 38.7 Å². The Hall–Kier alpha value is -2.10. The van der Waals surface area contributed by atoms with Crippen molar-refractivity contribution in [1.29, 1.82) is 0 Å². The number of rotatable bonds is 7. The normalized spacial score (nSPS) is 23.2. The first-order chi connectivity index (χ1) is 14.5. The molecule has 2 amide bonds. The number of amides is 2. The minimum absolute atomic E-state index is 0.340. The quantitative estimate of drug-likeness (QED) is 0.632. The topological polar surface area (TPSA) is 96.9 Å². The minimum Gasteiger partial charge on any atom is -0.314 e. The Bertz CT molecular complexity index is 950. The third kappa shape index (κ3) is 5.74. The maximum atomic E-state index is 11.7. The standard InChI is InChI=1S/C21H25N5O2S2/c1-13-24-17(12-29-13)7-8-22-15-4-2-14(3-5-15)10-19-23-9-6-16(25-19)11-18-20(27)26-21(28)30-18/h6,9,11-12,14-15,22H,2-5,7-8,10H2,1H3,(H,26,27,28)/b18-11-. The van der Waals surface area contributed by atoms with Crippen molar-refractivity contribution in [3.63, 3.8) is 0 Å². The second kappa shape index (κ2) is 9.80. The zero-order valence-corrected chi connectivity index (χ0v) is 18.5. The number of aryl methyl sites for hydroxylation is 1. The average Bonchev–Trinajstić information content (AvgIpc) is 3.27. The van der Waals surface area contributed by atoms with E-state index >= 15 is 0 Å². The predicted octanol–water partition coefficient (Wildman–Crippen LogP) is 3.50. The maximum absolute atomic E-state index is 11.7. The van der Waals surface area contributed by atoms with Crippen LogP contribution in [0.4, 0.5) is 4.79 Å². The molecule has 0 spiro atoms. The van der Waals surface area contributed by atoms with Crippen LogP contribution in [0.15, 0.2) is 22.5 Å². The van der Waals surface area contributed by atoms with Crippen LogP contribution in [0.2, 0.25) is 0 Å². The largest absolute Gasteiger partial charge is 0.314 e. The van der Waals surface area contributed by atoms with Crippen LogP contribution in [0.5, 0.6) is 0 Å². The van der Waals surface area contributed by atoms with Crippen LogP contribution in [-0.2, 0) is 17.6 Å². The summed E-state index contributed by atoms with van der Waals surface area (Å²) in [6.07, 6.45) is 9.88. The number of hydrogen-bond donors (Lipinski definition) is 2. The van der Waals surface area contributed by atoms with E-state index < -0.39 is 0 Å². The lowest BCUT2D eigenvalue weighted by atomic mass is 9.84. The summed E-state index contributed by atoms with van der Waals surface area (Å²) in [7, 11) is 0. The highest BCUT2D eigenvalue weighted by atomic mass is 32.2. The van der Waals surface area contributed by atoms with Gasteiger partial charge in [0.05, 0.1) is 21.3 Å². The second-order valence-corrected chi connectivity index (χ2v) is 9.81. The first-order valence-electron chi connectivity index (χ1n) is 10.3. The zero-order chi connectivity index (χ0) is 20.9. The smallest absolute Gasteiger partial charge is 0.290 e. The van der Waals surface area contributed by atoms with Gasteiger partial charge >= 0.3 is 0 Å². The van der Waals surface area contributed by atoms with Gasteiger partial charge < -0.3 is 5.32 Å². The Morgan fingerprint density at radius 1 is 1.23 bits per heavy atom. The zero-order valence-electron chi connectivity index (χ0n) is 16.9. The predicted molar refractivity (Wildman–Crippen MR) is 119 cm³/mol. The molecule has 9 heteroatoms. The fourth-order valence-corrected chi connectivity index (χ4v) is 5.22. The number of aromatic nitrogens is 3. The third-order valence-electron chi connectivity index (χ3n) is 5.45. The van der Waals surface area contributed by atoms with Gasteiger partial charge in [0.25, 0.3) is 11.1 Å². The molecule has 0 aromatic carbocycles. The van der Waals surface area contributed by atoms with Crippen molar-refractivity contribution >= 4 is 40.3 Å². The van der Waals surface area contributed by atoms with E-state index in [2.05, 4.69) is 31.0 Å². The number of thioether (sulfide) groups is 1. The Balaban J connectivity index is 1.23. The molecule has 2 aromatic rings. The Labute approximate surface area is 184 Å². The Morgan fingerprint density at radius 3 is 2.77 bits per heavy atom. The molecule has 3 heterocycles. The van der Waals surface area contributed by atoms with E-state index in [1.807, 2.05) is 6.92 Å². The van der Waals surface area contributed by atoms with Gasteiger partial charge in [-0.3, -0.25) is 14.9 Å². The summed E-state index contributed by atoms with van der Waals surface area (Å²) in [6.45, 7) is 3.02. The van der Waals surface area contributed by atoms with Gasteiger partial charge in [-0.1, -0.05) is 0 Å². The lowest BCUT2D eigenvalue weighted by Gasteiger charge is -2.29. The highest BCUT2D eigenvalue weighted by Gasteiger charge is 2.25. The highest BCUT2D eigenvalue weighted by molar-refractivity contribution is 8.18. The number of imide groups is 1. The van der Waals surface area contributed by atoms with Gasteiger partial charge in [0, 0.05) is 37.0 Å². The van der Waals surface area contributed by atoms with E-state index in [1.54, 1.807) is 29.7 Å². The van der Waals surface area contributed by atoms with Crippen LogP contribution in [0.3, 0.4) is 0 Å². The highest BCUT2D eigenvalue weighted by Crippen LogP contribution is 2.28. The molecule has 0 unspecified atom stereocenters. The first-order valence-corrected chi connectivity index (χ1v) is 12.0. The van der Waals surface area contributed by atoms with Crippen molar-refractivity contribution in [2.24, 2.45) is 5.92 Å². The molecule has 7 nitrogen and oxygen atoms in total.